The van der Waals surface area contributed by atoms with E-state index in [1.807, 2.05) is 6.92 Å². The van der Waals surface area contributed by atoms with Crippen LogP contribution in [0.1, 0.15) is 30.5 Å². The van der Waals surface area contributed by atoms with Gasteiger partial charge in [0.1, 0.15) is 5.82 Å². The molecule has 0 aliphatic heterocycles. The predicted molar refractivity (Wildman–Crippen MR) is 99.8 cm³/mol. The number of hydrogen-bond acceptors (Lipinski definition) is 9. The fraction of sp³-hybridized carbons (Fsp3) is 0.562. The summed E-state index contributed by atoms with van der Waals surface area (Å²) in [6.45, 7) is 4.33. The van der Waals surface area contributed by atoms with E-state index in [4.69, 9.17) is 4.74 Å². The van der Waals surface area contributed by atoms with Crippen molar-refractivity contribution in [3.8, 4) is 0 Å². The molecule has 0 spiro atoms. The van der Waals surface area contributed by atoms with Crippen LogP contribution in [0.3, 0.4) is 0 Å². The Hall–Kier alpha value is -2.33. The highest BCUT2D eigenvalue weighted by Crippen LogP contribution is 2.23. The largest absolute Gasteiger partial charge is 0.383 e. The highest BCUT2D eigenvalue weighted by Gasteiger charge is 2.23. The number of methoxy groups -OCH3 is 1. The zero-order valence-corrected chi connectivity index (χ0v) is 15.9. The standard InChI is InChI=1S/C16H23N7O2S/c1-9(8-25-3)18-14-19-10(2)20-15(22-14)23-16-17-7-12(26-16)6-13(24)21-11-4-5-11/h7,9,11H,4-6,8H2,1-3H3,(H,21,24)(H2,17,18,19,20,22,23). The Balaban J connectivity index is 1.61. The van der Waals surface area contributed by atoms with Gasteiger partial charge in [-0.15, -0.1) is 11.3 Å². The van der Waals surface area contributed by atoms with Crippen molar-refractivity contribution >= 4 is 34.3 Å². The van der Waals surface area contributed by atoms with Crippen molar-refractivity contribution in [2.75, 3.05) is 24.4 Å². The van der Waals surface area contributed by atoms with Crippen molar-refractivity contribution < 1.29 is 9.53 Å². The second kappa shape index (κ2) is 8.37. The Morgan fingerprint density at radius 3 is 2.85 bits per heavy atom. The third-order valence-corrected chi connectivity index (χ3v) is 4.50. The number of carbonyl (C=O) groups is 1. The summed E-state index contributed by atoms with van der Waals surface area (Å²) in [6.07, 6.45) is 4.21. The van der Waals surface area contributed by atoms with E-state index < -0.39 is 0 Å². The maximum atomic E-state index is 11.9. The first kappa shape index (κ1) is 18.5. The van der Waals surface area contributed by atoms with Crippen LogP contribution in [0.15, 0.2) is 6.20 Å². The first-order valence-electron chi connectivity index (χ1n) is 8.51. The van der Waals surface area contributed by atoms with Crippen molar-refractivity contribution in [1.29, 1.82) is 0 Å². The van der Waals surface area contributed by atoms with Crippen LogP contribution < -0.4 is 16.0 Å². The van der Waals surface area contributed by atoms with Gasteiger partial charge in [0.15, 0.2) is 5.13 Å². The molecule has 10 heteroatoms. The molecule has 3 rings (SSSR count). The fourth-order valence-corrected chi connectivity index (χ4v) is 3.13. The van der Waals surface area contributed by atoms with Gasteiger partial charge in [-0.05, 0) is 26.7 Å². The van der Waals surface area contributed by atoms with Gasteiger partial charge < -0.3 is 15.4 Å². The van der Waals surface area contributed by atoms with Crippen LogP contribution in [0.25, 0.3) is 0 Å². The van der Waals surface area contributed by atoms with Crippen molar-refractivity contribution in [3.63, 3.8) is 0 Å². The predicted octanol–water partition coefficient (Wildman–Crippen LogP) is 1.65. The van der Waals surface area contributed by atoms with Gasteiger partial charge >= 0.3 is 0 Å². The molecule has 26 heavy (non-hydrogen) atoms. The monoisotopic (exact) mass is 377 g/mol. The maximum Gasteiger partial charge on any atom is 0.234 e. The highest BCUT2D eigenvalue weighted by molar-refractivity contribution is 7.15. The maximum absolute atomic E-state index is 11.9. The lowest BCUT2D eigenvalue weighted by Gasteiger charge is -2.13. The smallest absolute Gasteiger partial charge is 0.234 e. The molecule has 140 valence electrons. The number of nitrogens with one attached hydrogen (secondary N) is 3. The van der Waals surface area contributed by atoms with Gasteiger partial charge in [-0.2, -0.15) is 15.0 Å². The van der Waals surface area contributed by atoms with Crippen LogP contribution in [0.5, 0.6) is 0 Å². The van der Waals surface area contributed by atoms with Crippen LogP contribution in [0.4, 0.5) is 17.0 Å². The van der Waals surface area contributed by atoms with Crippen molar-refractivity contribution in [1.82, 2.24) is 25.3 Å². The average Bonchev–Trinajstić information content (AvgIpc) is 3.25. The van der Waals surface area contributed by atoms with E-state index in [1.165, 1.54) is 11.3 Å². The number of ether oxygens (including phenoxy) is 1. The molecule has 2 heterocycles. The Morgan fingerprint density at radius 1 is 1.35 bits per heavy atom. The average molecular weight is 377 g/mol. The second-order valence-electron chi connectivity index (χ2n) is 6.31. The molecule has 0 bridgehead atoms. The molecule has 1 atom stereocenters. The van der Waals surface area contributed by atoms with E-state index in [-0.39, 0.29) is 11.9 Å². The summed E-state index contributed by atoms with van der Waals surface area (Å²) in [7, 11) is 1.65. The minimum Gasteiger partial charge on any atom is -0.383 e. The molecule has 1 aliphatic carbocycles. The molecule has 3 N–H and O–H groups in total. The zero-order valence-electron chi connectivity index (χ0n) is 15.1. The molecule has 0 saturated heterocycles. The second-order valence-corrected chi connectivity index (χ2v) is 7.42. The SMILES string of the molecule is COCC(C)Nc1nc(C)nc(Nc2ncc(CC(=O)NC3CC3)s2)n1. The zero-order chi connectivity index (χ0) is 18.5. The van der Waals surface area contributed by atoms with Gasteiger partial charge in [0, 0.05) is 30.3 Å². The Kier molecular flexibility index (Phi) is 5.94. The molecule has 2 aromatic rings. The number of carbonyl (C=O) groups excluding carboxylic acids is 1. The van der Waals surface area contributed by atoms with Crippen molar-refractivity contribution in [2.24, 2.45) is 0 Å². The number of aryl methyl sites for hydroxylation is 1. The minimum absolute atomic E-state index is 0.0392. The quantitative estimate of drug-likeness (QED) is 0.604. The van der Waals surface area contributed by atoms with Crippen LogP contribution in [0, 0.1) is 6.92 Å². The first-order chi connectivity index (χ1) is 12.5. The van der Waals surface area contributed by atoms with E-state index in [0.29, 0.717) is 41.9 Å². The molecular weight excluding hydrogens is 354 g/mol. The van der Waals surface area contributed by atoms with Crippen LogP contribution in [0.2, 0.25) is 0 Å². The van der Waals surface area contributed by atoms with Crippen molar-refractivity contribution in [2.45, 2.75) is 45.2 Å². The highest BCUT2D eigenvalue weighted by atomic mass is 32.1. The molecule has 0 radical (unpaired) electrons. The molecule has 9 nitrogen and oxygen atoms in total. The number of aromatic nitrogens is 4. The van der Waals surface area contributed by atoms with E-state index in [9.17, 15) is 4.79 Å². The fourth-order valence-electron chi connectivity index (χ4n) is 2.32. The molecule has 1 aliphatic rings. The molecule has 1 amide bonds. The van der Waals surface area contributed by atoms with Gasteiger partial charge in [0.2, 0.25) is 17.8 Å². The number of thiazole rings is 1. The van der Waals surface area contributed by atoms with Crippen molar-refractivity contribution in [3.05, 3.63) is 16.9 Å². The first-order valence-corrected chi connectivity index (χ1v) is 9.32. The van der Waals surface area contributed by atoms with Crippen LogP contribution >= 0.6 is 11.3 Å². The third-order valence-electron chi connectivity index (χ3n) is 3.59. The van der Waals surface area contributed by atoms with E-state index in [1.54, 1.807) is 20.2 Å². The summed E-state index contributed by atoms with van der Waals surface area (Å²) in [5, 5.41) is 9.86. The summed E-state index contributed by atoms with van der Waals surface area (Å²) in [5.74, 6) is 1.52. The van der Waals surface area contributed by atoms with E-state index in [0.717, 1.165) is 17.7 Å². The van der Waals surface area contributed by atoms with E-state index >= 15 is 0 Å². The molecular formula is C16H23N7O2S. The summed E-state index contributed by atoms with van der Waals surface area (Å²) in [5.41, 5.74) is 0. The molecule has 1 saturated carbocycles. The van der Waals surface area contributed by atoms with Gasteiger partial charge in [-0.3, -0.25) is 10.1 Å². The molecule has 2 aromatic heterocycles. The van der Waals surface area contributed by atoms with Gasteiger partial charge in [-0.25, -0.2) is 4.98 Å². The number of amides is 1. The number of hydrogen-bond donors (Lipinski definition) is 3. The Labute approximate surface area is 156 Å². The molecule has 0 aromatic carbocycles. The number of anilines is 3. The van der Waals surface area contributed by atoms with E-state index in [2.05, 4.69) is 35.9 Å². The van der Waals surface area contributed by atoms with Crippen LogP contribution in [-0.2, 0) is 16.0 Å². The lowest BCUT2D eigenvalue weighted by Crippen LogP contribution is -2.26. The number of nitrogens with zero attached hydrogens (tertiary/aromatic N) is 4. The van der Waals surface area contributed by atoms with Gasteiger partial charge in [0.05, 0.1) is 13.0 Å². The summed E-state index contributed by atoms with van der Waals surface area (Å²) in [6, 6.07) is 0.443. The normalized spacial score (nSPS) is 14.7. The lowest BCUT2D eigenvalue weighted by atomic mass is 10.3. The summed E-state index contributed by atoms with van der Waals surface area (Å²) in [4.78, 5) is 30.0. The van der Waals surface area contributed by atoms with Gasteiger partial charge in [0.25, 0.3) is 0 Å². The number of rotatable bonds is 9. The summed E-state index contributed by atoms with van der Waals surface area (Å²) >= 11 is 1.41. The Bertz CT molecular complexity index is 763. The molecule has 1 fully saturated rings. The third kappa shape index (κ3) is 5.60. The minimum atomic E-state index is 0.0392. The summed E-state index contributed by atoms with van der Waals surface area (Å²) < 4.78 is 5.10. The molecule has 1 unspecified atom stereocenters. The lowest BCUT2D eigenvalue weighted by molar-refractivity contribution is -0.120. The van der Waals surface area contributed by atoms with Crippen LogP contribution in [-0.4, -0.2) is 51.6 Å². The topological polar surface area (TPSA) is 114 Å². The Morgan fingerprint density at radius 2 is 2.12 bits per heavy atom. The van der Waals surface area contributed by atoms with Gasteiger partial charge in [-0.1, -0.05) is 0 Å².